The molecule has 0 aliphatic heterocycles. The summed E-state index contributed by atoms with van der Waals surface area (Å²) in [5.74, 6) is -6.19. The first kappa shape index (κ1) is 42.0. The first-order chi connectivity index (χ1) is 21.2. The second-order valence-electron chi connectivity index (χ2n) is 9.00. The number of hydrogen-bond donors (Lipinski definition) is 3. The van der Waals surface area contributed by atoms with Gasteiger partial charge < -0.3 is 43.7 Å². The third-order valence-corrected chi connectivity index (χ3v) is 5.14. The summed E-state index contributed by atoms with van der Waals surface area (Å²) in [7, 11) is 0. The van der Waals surface area contributed by atoms with E-state index in [-0.39, 0.29) is 26.1 Å². The van der Waals surface area contributed by atoms with Gasteiger partial charge in [0.1, 0.15) is 33.0 Å². The first-order valence-corrected chi connectivity index (χ1v) is 12.8. The molecule has 0 saturated carbocycles. The summed E-state index contributed by atoms with van der Waals surface area (Å²) in [6, 6.07) is 0. The molecule has 0 aromatic heterocycles. The quantitative estimate of drug-likeness (QED) is 0.0784. The van der Waals surface area contributed by atoms with E-state index in [2.05, 4.69) is 32.9 Å². The van der Waals surface area contributed by atoms with Crippen molar-refractivity contribution in [3.8, 4) is 0 Å². The predicted molar refractivity (Wildman–Crippen MR) is 153 cm³/mol. The predicted octanol–water partition coefficient (Wildman–Crippen LogP) is 0.550. The fourth-order valence-corrected chi connectivity index (χ4v) is 2.63. The van der Waals surface area contributed by atoms with E-state index in [4.69, 9.17) is 38.6 Å². The van der Waals surface area contributed by atoms with Crippen molar-refractivity contribution in [3.63, 3.8) is 0 Å². The van der Waals surface area contributed by atoms with Gasteiger partial charge in [0, 0.05) is 30.4 Å². The summed E-state index contributed by atoms with van der Waals surface area (Å²) in [6.07, 6.45) is 3.91. The van der Waals surface area contributed by atoms with Crippen LogP contribution in [0.15, 0.2) is 63.3 Å². The molecule has 45 heavy (non-hydrogen) atoms. The van der Waals surface area contributed by atoms with Gasteiger partial charge in [0.25, 0.3) is 0 Å². The second-order valence-corrected chi connectivity index (χ2v) is 9.00. The van der Waals surface area contributed by atoms with Gasteiger partial charge >= 0.3 is 41.8 Å². The lowest BCUT2D eigenvalue weighted by Gasteiger charge is -2.34. The largest absolute Gasteiger partial charge is 0.481 e. The van der Waals surface area contributed by atoms with E-state index in [1.165, 1.54) is 0 Å². The zero-order valence-electron chi connectivity index (χ0n) is 24.6. The highest BCUT2D eigenvalue weighted by Gasteiger charge is 2.39. The molecular formula is C29H38O16. The summed E-state index contributed by atoms with van der Waals surface area (Å²) in [4.78, 5) is 77.6. The fourth-order valence-electron chi connectivity index (χ4n) is 2.63. The molecule has 16 heteroatoms. The van der Waals surface area contributed by atoms with Crippen molar-refractivity contribution in [2.24, 2.45) is 10.8 Å². The maximum absolute atomic E-state index is 11.7. The number of carbonyl (C=O) groups is 7. The van der Waals surface area contributed by atoms with E-state index < -0.39 is 92.3 Å². The summed E-state index contributed by atoms with van der Waals surface area (Å²) in [6.45, 7) is 12.8. The van der Waals surface area contributed by atoms with Crippen LogP contribution in [0.1, 0.15) is 12.8 Å². The molecule has 16 nitrogen and oxygen atoms in total. The van der Waals surface area contributed by atoms with Crippen LogP contribution >= 0.6 is 0 Å². The maximum atomic E-state index is 11.7. The molecule has 0 heterocycles. The highest BCUT2D eigenvalue weighted by atomic mass is 16.6. The van der Waals surface area contributed by atoms with Crippen molar-refractivity contribution in [3.05, 3.63) is 63.3 Å². The highest BCUT2D eigenvalue weighted by molar-refractivity contribution is 5.83. The zero-order valence-corrected chi connectivity index (χ0v) is 24.6. The van der Waals surface area contributed by atoms with Gasteiger partial charge in [0.2, 0.25) is 0 Å². The van der Waals surface area contributed by atoms with Crippen LogP contribution in [0.5, 0.6) is 0 Å². The number of aliphatic carboxylic acids is 2. The van der Waals surface area contributed by atoms with Gasteiger partial charge in [-0.3, -0.25) is 9.59 Å². The van der Waals surface area contributed by atoms with Crippen LogP contribution in [-0.4, -0.2) is 110 Å². The zero-order chi connectivity index (χ0) is 34.9. The van der Waals surface area contributed by atoms with Gasteiger partial charge in [-0.25, -0.2) is 24.0 Å². The molecule has 0 rings (SSSR count). The SMILES string of the molecule is C=CC(=O)OCC(CO)(COCC(COC(=O)C=C)(COC(=O)C=C)COC(=O)C=C)COC(=O)C=C.O=C(O)CCC(=O)O. The fraction of sp³-hybridized carbons (Fsp3) is 0.414. The first-order valence-electron chi connectivity index (χ1n) is 12.8. The number of rotatable bonds is 23. The second kappa shape index (κ2) is 23.4. The number of aliphatic hydroxyl groups is 1. The maximum Gasteiger partial charge on any atom is 0.330 e. The molecule has 0 bridgehead atoms. The minimum atomic E-state index is -1.44. The number of hydrogen-bond acceptors (Lipinski definition) is 14. The monoisotopic (exact) mass is 642 g/mol. The number of aliphatic hydroxyl groups excluding tert-OH is 1. The Kier molecular flexibility index (Phi) is 21.8. The van der Waals surface area contributed by atoms with Crippen LogP contribution in [0.4, 0.5) is 0 Å². The Bertz CT molecular complexity index is 992. The number of ether oxygens (including phenoxy) is 6. The lowest BCUT2D eigenvalue weighted by molar-refractivity contribution is -0.167. The summed E-state index contributed by atoms with van der Waals surface area (Å²) in [5.41, 5.74) is -2.87. The van der Waals surface area contributed by atoms with Gasteiger partial charge in [-0.2, -0.15) is 0 Å². The Morgan fingerprint density at radius 2 is 0.711 bits per heavy atom. The summed E-state index contributed by atoms with van der Waals surface area (Å²) < 4.78 is 31.1. The highest BCUT2D eigenvalue weighted by Crippen LogP contribution is 2.25. The Labute approximate surface area is 259 Å². The van der Waals surface area contributed by atoms with Crippen molar-refractivity contribution >= 4 is 41.8 Å². The topological polar surface area (TPSA) is 236 Å². The number of esters is 5. The standard InChI is InChI=1S/C25H32O12.C4H6O4/c1-6-19(27)33-14-24(11-26,15-34-20(28)7-2)12-32-13-25(16-35-21(29)8-3,17-36-22(30)9-4)18-37-23(31)10-5;5-3(6)1-2-4(7)8/h6-10,26H,1-5,11-18H2;1-2H2,(H,5,6)(H,7,8). The van der Waals surface area contributed by atoms with E-state index in [1.807, 2.05) is 0 Å². The molecule has 0 spiro atoms. The average molecular weight is 643 g/mol. The molecule has 0 aliphatic rings. The molecule has 0 aromatic carbocycles. The van der Waals surface area contributed by atoms with E-state index in [0.29, 0.717) is 0 Å². The minimum Gasteiger partial charge on any atom is -0.481 e. The van der Waals surface area contributed by atoms with Crippen LogP contribution in [0.25, 0.3) is 0 Å². The average Bonchev–Trinajstić information content (AvgIpc) is 3.04. The van der Waals surface area contributed by atoms with Gasteiger partial charge in [0.05, 0.1) is 43.5 Å². The molecule has 0 radical (unpaired) electrons. The van der Waals surface area contributed by atoms with E-state index in [9.17, 15) is 38.7 Å². The third-order valence-electron chi connectivity index (χ3n) is 5.14. The molecule has 250 valence electrons. The molecular weight excluding hydrogens is 604 g/mol. The molecule has 0 unspecified atom stereocenters. The molecule has 0 saturated heterocycles. The normalized spacial score (nSPS) is 10.3. The van der Waals surface area contributed by atoms with Gasteiger partial charge in [-0.1, -0.05) is 32.9 Å². The summed E-state index contributed by atoms with van der Waals surface area (Å²) >= 11 is 0. The Balaban J connectivity index is 0. The summed E-state index contributed by atoms with van der Waals surface area (Å²) in [5, 5.41) is 25.8. The Morgan fingerprint density at radius 3 is 0.933 bits per heavy atom. The van der Waals surface area contributed by atoms with Crippen molar-refractivity contribution in [1.82, 2.24) is 0 Å². The molecule has 0 atom stereocenters. The van der Waals surface area contributed by atoms with Gasteiger partial charge in [-0.05, 0) is 0 Å². The van der Waals surface area contributed by atoms with Gasteiger partial charge in [0.15, 0.2) is 0 Å². The van der Waals surface area contributed by atoms with Crippen LogP contribution in [-0.2, 0) is 62.0 Å². The van der Waals surface area contributed by atoms with E-state index in [1.54, 1.807) is 0 Å². The molecule has 3 N–H and O–H groups in total. The van der Waals surface area contributed by atoms with Crippen LogP contribution in [0, 0.1) is 10.8 Å². The smallest absolute Gasteiger partial charge is 0.330 e. The van der Waals surface area contributed by atoms with Crippen molar-refractivity contribution in [2.75, 3.05) is 52.9 Å². The van der Waals surface area contributed by atoms with Crippen molar-refractivity contribution < 1.29 is 77.3 Å². The van der Waals surface area contributed by atoms with Crippen LogP contribution < -0.4 is 0 Å². The van der Waals surface area contributed by atoms with Gasteiger partial charge in [-0.15, -0.1) is 0 Å². The molecule has 0 aromatic rings. The Hall–Kier alpha value is -5.09. The molecule has 0 fully saturated rings. The lowest BCUT2D eigenvalue weighted by Crippen LogP contribution is -2.46. The van der Waals surface area contributed by atoms with Crippen LogP contribution in [0.2, 0.25) is 0 Å². The Morgan fingerprint density at radius 1 is 0.467 bits per heavy atom. The number of carbonyl (C=O) groups excluding carboxylic acids is 5. The number of carboxylic acids is 2. The van der Waals surface area contributed by atoms with E-state index >= 15 is 0 Å². The van der Waals surface area contributed by atoms with Crippen molar-refractivity contribution in [1.29, 1.82) is 0 Å². The molecule has 0 aliphatic carbocycles. The van der Waals surface area contributed by atoms with Crippen molar-refractivity contribution in [2.45, 2.75) is 12.8 Å². The lowest BCUT2D eigenvalue weighted by atomic mass is 9.90. The van der Waals surface area contributed by atoms with Crippen LogP contribution in [0.3, 0.4) is 0 Å². The minimum absolute atomic E-state index is 0.296. The number of carboxylic acid groups (broad SMARTS) is 2. The third kappa shape index (κ3) is 20.5. The van der Waals surface area contributed by atoms with E-state index in [0.717, 1.165) is 30.4 Å². The molecule has 0 amide bonds.